The standard InChI is InChI=1S/C15H16BrClN2O/c1-8-5-9(2)12(10(3)6-8)15-18-11(7-20-4)13(16)14(17)19-15/h5-6H,7H2,1-4H3. The van der Waals surface area contributed by atoms with Gasteiger partial charge in [-0.2, -0.15) is 0 Å². The average molecular weight is 356 g/mol. The van der Waals surface area contributed by atoms with Crippen LogP contribution in [0, 0.1) is 20.8 Å². The van der Waals surface area contributed by atoms with Crippen LogP contribution in [0.15, 0.2) is 16.6 Å². The lowest BCUT2D eigenvalue weighted by Gasteiger charge is -2.12. The topological polar surface area (TPSA) is 35.0 Å². The van der Waals surface area contributed by atoms with Crippen molar-refractivity contribution in [2.45, 2.75) is 27.4 Å². The number of aromatic nitrogens is 2. The predicted octanol–water partition coefficient (Wildman–Crippen LogP) is 4.63. The molecule has 0 aliphatic heterocycles. The molecular weight excluding hydrogens is 340 g/mol. The molecule has 106 valence electrons. The highest BCUT2D eigenvalue weighted by molar-refractivity contribution is 9.10. The Bertz CT molecular complexity index is 636. The lowest BCUT2D eigenvalue weighted by molar-refractivity contribution is 0.181. The summed E-state index contributed by atoms with van der Waals surface area (Å²) in [5, 5.41) is 0.404. The Morgan fingerprint density at radius 3 is 2.30 bits per heavy atom. The minimum atomic E-state index is 0.389. The van der Waals surface area contributed by atoms with Gasteiger partial charge in [0.05, 0.1) is 16.8 Å². The smallest absolute Gasteiger partial charge is 0.161 e. The lowest BCUT2D eigenvalue weighted by Crippen LogP contribution is -2.02. The van der Waals surface area contributed by atoms with Gasteiger partial charge in [0.1, 0.15) is 5.15 Å². The molecule has 20 heavy (non-hydrogen) atoms. The van der Waals surface area contributed by atoms with E-state index in [9.17, 15) is 0 Å². The molecule has 0 aliphatic carbocycles. The van der Waals surface area contributed by atoms with E-state index in [1.165, 1.54) is 5.56 Å². The van der Waals surface area contributed by atoms with Gasteiger partial charge in [-0.1, -0.05) is 29.3 Å². The second-order valence-corrected chi connectivity index (χ2v) is 5.96. The van der Waals surface area contributed by atoms with E-state index in [1.807, 2.05) is 0 Å². The molecule has 1 aromatic carbocycles. The number of hydrogen-bond donors (Lipinski definition) is 0. The van der Waals surface area contributed by atoms with E-state index in [1.54, 1.807) is 7.11 Å². The number of rotatable bonds is 3. The summed E-state index contributed by atoms with van der Waals surface area (Å²) in [6.07, 6.45) is 0. The Kier molecular flexibility index (Phi) is 4.78. The molecule has 0 spiro atoms. The van der Waals surface area contributed by atoms with Crippen molar-refractivity contribution < 1.29 is 4.74 Å². The number of benzene rings is 1. The Morgan fingerprint density at radius 1 is 1.15 bits per heavy atom. The zero-order chi connectivity index (χ0) is 14.9. The normalized spacial score (nSPS) is 10.9. The summed E-state index contributed by atoms with van der Waals surface area (Å²) >= 11 is 9.59. The van der Waals surface area contributed by atoms with Gasteiger partial charge in [-0.25, -0.2) is 9.97 Å². The van der Waals surface area contributed by atoms with Crippen LogP contribution >= 0.6 is 27.5 Å². The van der Waals surface area contributed by atoms with E-state index in [-0.39, 0.29) is 0 Å². The minimum absolute atomic E-state index is 0.389. The molecule has 0 unspecified atom stereocenters. The van der Waals surface area contributed by atoms with E-state index >= 15 is 0 Å². The molecule has 3 nitrogen and oxygen atoms in total. The maximum atomic E-state index is 6.19. The highest BCUT2D eigenvalue weighted by Gasteiger charge is 2.15. The molecule has 0 radical (unpaired) electrons. The molecule has 1 heterocycles. The zero-order valence-electron chi connectivity index (χ0n) is 11.9. The molecule has 0 amide bonds. The van der Waals surface area contributed by atoms with Crippen LogP contribution in [-0.4, -0.2) is 17.1 Å². The summed E-state index contributed by atoms with van der Waals surface area (Å²) in [4.78, 5) is 8.97. The summed E-state index contributed by atoms with van der Waals surface area (Å²) < 4.78 is 5.84. The molecule has 0 fully saturated rings. The largest absolute Gasteiger partial charge is 0.378 e. The van der Waals surface area contributed by atoms with E-state index in [2.05, 4.69) is 58.8 Å². The third-order valence-electron chi connectivity index (χ3n) is 3.06. The fraction of sp³-hybridized carbons (Fsp3) is 0.333. The Hall–Kier alpha value is -0.970. The average Bonchev–Trinajstić information content (AvgIpc) is 2.34. The van der Waals surface area contributed by atoms with Gasteiger partial charge in [-0.05, 0) is 47.8 Å². The number of nitrogens with zero attached hydrogens (tertiary/aromatic N) is 2. The van der Waals surface area contributed by atoms with Crippen molar-refractivity contribution >= 4 is 27.5 Å². The second kappa shape index (κ2) is 6.20. The van der Waals surface area contributed by atoms with Crippen LogP contribution in [0.5, 0.6) is 0 Å². The molecule has 5 heteroatoms. The monoisotopic (exact) mass is 354 g/mol. The molecule has 0 saturated heterocycles. The van der Waals surface area contributed by atoms with Crippen molar-refractivity contribution in [1.82, 2.24) is 9.97 Å². The number of halogens is 2. The summed E-state index contributed by atoms with van der Waals surface area (Å²) in [7, 11) is 1.63. The van der Waals surface area contributed by atoms with Crippen molar-refractivity contribution in [3.63, 3.8) is 0 Å². The summed E-state index contributed by atoms with van der Waals surface area (Å²) in [6, 6.07) is 4.25. The molecule has 0 atom stereocenters. The predicted molar refractivity (Wildman–Crippen MR) is 85.1 cm³/mol. The Labute approximate surface area is 132 Å². The third-order valence-corrected chi connectivity index (χ3v) is 4.40. The maximum Gasteiger partial charge on any atom is 0.161 e. The van der Waals surface area contributed by atoms with Gasteiger partial charge < -0.3 is 4.74 Å². The van der Waals surface area contributed by atoms with Gasteiger partial charge in [0.25, 0.3) is 0 Å². The first-order valence-corrected chi connectivity index (χ1v) is 7.40. The van der Waals surface area contributed by atoms with Crippen LogP contribution in [0.3, 0.4) is 0 Å². The second-order valence-electron chi connectivity index (χ2n) is 4.81. The maximum absolute atomic E-state index is 6.19. The first-order chi connectivity index (χ1) is 9.43. The summed E-state index contributed by atoms with van der Waals surface area (Å²) in [5.41, 5.74) is 5.29. The molecule has 0 N–H and O–H groups in total. The highest BCUT2D eigenvalue weighted by atomic mass is 79.9. The van der Waals surface area contributed by atoms with Crippen molar-refractivity contribution in [3.05, 3.63) is 44.1 Å². The van der Waals surface area contributed by atoms with Crippen molar-refractivity contribution in [1.29, 1.82) is 0 Å². The molecule has 0 saturated carbocycles. The highest BCUT2D eigenvalue weighted by Crippen LogP contribution is 2.31. The van der Waals surface area contributed by atoms with E-state index in [4.69, 9.17) is 16.3 Å². The quantitative estimate of drug-likeness (QED) is 0.753. The first-order valence-electron chi connectivity index (χ1n) is 6.23. The van der Waals surface area contributed by atoms with Gasteiger partial charge in [0.2, 0.25) is 0 Å². The van der Waals surface area contributed by atoms with Crippen molar-refractivity contribution in [3.8, 4) is 11.4 Å². The van der Waals surface area contributed by atoms with E-state index in [0.717, 1.165) is 22.4 Å². The number of ether oxygens (including phenoxy) is 1. The lowest BCUT2D eigenvalue weighted by atomic mass is 9.99. The van der Waals surface area contributed by atoms with Crippen molar-refractivity contribution in [2.75, 3.05) is 7.11 Å². The molecule has 2 aromatic rings. The molecule has 0 aliphatic rings. The van der Waals surface area contributed by atoms with Crippen LogP contribution < -0.4 is 0 Å². The third kappa shape index (κ3) is 3.03. The van der Waals surface area contributed by atoms with Crippen LogP contribution in [0.2, 0.25) is 5.15 Å². The van der Waals surface area contributed by atoms with Gasteiger partial charge in [-0.15, -0.1) is 0 Å². The van der Waals surface area contributed by atoms with Crippen LogP contribution in [-0.2, 0) is 11.3 Å². The Morgan fingerprint density at radius 2 is 1.75 bits per heavy atom. The number of aryl methyl sites for hydroxylation is 3. The van der Waals surface area contributed by atoms with Gasteiger partial charge in [-0.3, -0.25) is 0 Å². The number of hydrogen-bond acceptors (Lipinski definition) is 3. The van der Waals surface area contributed by atoms with Crippen molar-refractivity contribution in [2.24, 2.45) is 0 Å². The molecule has 0 bridgehead atoms. The van der Waals surface area contributed by atoms with Crippen LogP contribution in [0.4, 0.5) is 0 Å². The summed E-state index contributed by atoms with van der Waals surface area (Å²) in [6.45, 7) is 6.59. The van der Waals surface area contributed by atoms with Gasteiger partial charge in [0, 0.05) is 12.7 Å². The minimum Gasteiger partial charge on any atom is -0.378 e. The fourth-order valence-electron chi connectivity index (χ4n) is 2.34. The zero-order valence-corrected chi connectivity index (χ0v) is 14.3. The van der Waals surface area contributed by atoms with Gasteiger partial charge >= 0.3 is 0 Å². The first kappa shape index (κ1) is 15.4. The van der Waals surface area contributed by atoms with Crippen LogP contribution in [0.25, 0.3) is 11.4 Å². The Balaban J connectivity index is 2.64. The summed E-state index contributed by atoms with van der Waals surface area (Å²) in [5.74, 6) is 0.639. The van der Waals surface area contributed by atoms with Crippen LogP contribution in [0.1, 0.15) is 22.4 Å². The fourth-order valence-corrected chi connectivity index (χ4v) is 2.82. The van der Waals surface area contributed by atoms with E-state index < -0.39 is 0 Å². The van der Waals surface area contributed by atoms with Gasteiger partial charge in [0.15, 0.2) is 5.82 Å². The number of methoxy groups -OCH3 is 1. The molecular formula is C15H16BrClN2O. The SMILES string of the molecule is COCc1nc(-c2c(C)cc(C)cc2C)nc(Cl)c1Br. The molecule has 1 aromatic heterocycles. The van der Waals surface area contributed by atoms with E-state index in [0.29, 0.717) is 22.1 Å². The molecule has 2 rings (SSSR count).